The molecule has 0 aliphatic carbocycles. The summed E-state index contributed by atoms with van der Waals surface area (Å²) in [6.07, 6.45) is 3.37. The lowest BCUT2D eigenvalue weighted by Crippen LogP contribution is -2.31. The van der Waals surface area contributed by atoms with Crippen LogP contribution in [0.2, 0.25) is 0 Å². The molecular formula is C20H22N4O2S. The Morgan fingerprint density at radius 2 is 2.07 bits per heavy atom. The van der Waals surface area contributed by atoms with Gasteiger partial charge in [-0.2, -0.15) is 0 Å². The van der Waals surface area contributed by atoms with Crippen LogP contribution in [0.4, 0.5) is 0 Å². The molecule has 0 aliphatic rings. The molecule has 0 atom stereocenters. The number of allylic oxidation sites excluding steroid dienone is 1. The lowest BCUT2D eigenvalue weighted by Gasteiger charge is -2.20. The van der Waals surface area contributed by atoms with Crippen LogP contribution in [-0.4, -0.2) is 37.9 Å². The monoisotopic (exact) mass is 382 g/mol. The predicted octanol–water partition coefficient (Wildman–Crippen LogP) is 3.86. The van der Waals surface area contributed by atoms with Crippen LogP contribution in [0.15, 0.2) is 71.0 Å². The Hall–Kier alpha value is -2.80. The van der Waals surface area contributed by atoms with Crippen LogP contribution >= 0.6 is 11.8 Å². The highest BCUT2D eigenvalue weighted by Gasteiger charge is 2.18. The van der Waals surface area contributed by atoms with Crippen molar-refractivity contribution in [2.75, 3.05) is 12.3 Å². The summed E-state index contributed by atoms with van der Waals surface area (Å²) >= 11 is 1.38. The summed E-state index contributed by atoms with van der Waals surface area (Å²) in [5.74, 6) is 1.64. The van der Waals surface area contributed by atoms with Crippen molar-refractivity contribution in [1.82, 2.24) is 19.7 Å². The Bertz CT molecular complexity index is 875. The normalized spacial score (nSPS) is 10.7. The van der Waals surface area contributed by atoms with Gasteiger partial charge in [-0.15, -0.1) is 16.8 Å². The first kappa shape index (κ1) is 19.0. The van der Waals surface area contributed by atoms with Crippen molar-refractivity contribution in [3.63, 3.8) is 0 Å². The topological polar surface area (TPSA) is 64.2 Å². The molecule has 0 spiro atoms. The Balaban J connectivity index is 1.68. The van der Waals surface area contributed by atoms with E-state index in [2.05, 4.69) is 16.8 Å². The van der Waals surface area contributed by atoms with Gasteiger partial charge in [0.15, 0.2) is 10.9 Å². The number of aromatic nitrogens is 3. The maximum Gasteiger partial charge on any atom is 0.233 e. The number of hydrogen-bond acceptors (Lipinski definition) is 5. The molecular weight excluding hydrogens is 360 g/mol. The summed E-state index contributed by atoms with van der Waals surface area (Å²) < 4.78 is 7.33. The molecule has 0 radical (unpaired) electrons. The Morgan fingerprint density at radius 1 is 1.26 bits per heavy atom. The first-order chi connectivity index (χ1) is 13.2. The summed E-state index contributed by atoms with van der Waals surface area (Å²) in [6.45, 7) is 7.58. The second kappa shape index (κ2) is 9.23. The molecule has 0 unspecified atom stereocenters. The molecule has 0 bridgehead atoms. The molecule has 27 heavy (non-hydrogen) atoms. The zero-order valence-corrected chi connectivity index (χ0v) is 16.1. The van der Waals surface area contributed by atoms with Crippen molar-refractivity contribution in [2.45, 2.75) is 25.2 Å². The lowest BCUT2D eigenvalue weighted by molar-refractivity contribution is -0.128. The molecule has 1 amide bonds. The zero-order chi connectivity index (χ0) is 19.1. The number of rotatable bonds is 9. The van der Waals surface area contributed by atoms with Crippen LogP contribution in [0.3, 0.4) is 0 Å². The minimum absolute atomic E-state index is 0.0686. The number of amides is 1. The van der Waals surface area contributed by atoms with Gasteiger partial charge in [0, 0.05) is 19.6 Å². The number of hydrogen-bond donors (Lipinski definition) is 0. The fourth-order valence-corrected chi connectivity index (χ4v) is 3.53. The van der Waals surface area contributed by atoms with Gasteiger partial charge in [-0.3, -0.25) is 9.36 Å². The van der Waals surface area contributed by atoms with Gasteiger partial charge in [-0.1, -0.05) is 48.2 Å². The van der Waals surface area contributed by atoms with E-state index in [0.29, 0.717) is 42.1 Å². The van der Waals surface area contributed by atoms with Gasteiger partial charge in [0.05, 0.1) is 12.0 Å². The van der Waals surface area contributed by atoms with Crippen LogP contribution in [0, 0.1) is 0 Å². The minimum Gasteiger partial charge on any atom is -0.461 e. The Kier molecular flexibility index (Phi) is 6.49. The molecule has 140 valence electrons. The van der Waals surface area contributed by atoms with E-state index in [-0.39, 0.29) is 5.91 Å². The van der Waals surface area contributed by atoms with Gasteiger partial charge in [-0.25, -0.2) is 0 Å². The molecule has 6 nitrogen and oxygen atoms in total. The van der Waals surface area contributed by atoms with E-state index in [1.807, 2.05) is 52.8 Å². The van der Waals surface area contributed by atoms with E-state index in [0.717, 1.165) is 5.56 Å². The van der Waals surface area contributed by atoms with Gasteiger partial charge in [0.1, 0.15) is 0 Å². The molecule has 2 heterocycles. The highest BCUT2D eigenvalue weighted by Crippen LogP contribution is 2.24. The van der Waals surface area contributed by atoms with Gasteiger partial charge < -0.3 is 9.32 Å². The summed E-state index contributed by atoms with van der Waals surface area (Å²) in [5, 5.41) is 9.11. The molecule has 7 heteroatoms. The smallest absolute Gasteiger partial charge is 0.233 e. The van der Waals surface area contributed by atoms with Crippen LogP contribution in [-0.2, 0) is 17.9 Å². The summed E-state index contributed by atoms with van der Waals surface area (Å²) in [7, 11) is 0. The van der Waals surface area contributed by atoms with E-state index in [1.54, 1.807) is 18.4 Å². The third-order valence-corrected chi connectivity index (χ3v) is 5.00. The zero-order valence-electron chi connectivity index (χ0n) is 15.2. The lowest BCUT2D eigenvalue weighted by atomic mass is 10.2. The number of carbonyl (C=O) groups is 1. The van der Waals surface area contributed by atoms with Gasteiger partial charge in [0.25, 0.3) is 0 Å². The van der Waals surface area contributed by atoms with Crippen molar-refractivity contribution in [2.24, 2.45) is 0 Å². The Morgan fingerprint density at radius 3 is 2.74 bits per heavy atom. The maximum absolute atomic E-state index is 12.7. The summed E-state index contributed by atoms with van der Waals surface area (Å²) in [6, 6.07) is 13.6. The molecule has 0 aliphatic heterocycles. The number of benzene rings is 1. The molecule has 2 aromatic heterocycles. The summed E-state index contributed by atoms with van der Waals surface area (Å²) in [4.78, 5) is 14.5. The molecule has 3 rings (SSSR count). The predicted molar refractivity (Wildman–Crippen MR) is 106 cm³/mol. The van der Waals surface area contributed by atoms with E-state index in [9.17, 15) is 4.79 Å². The number of furan rings is 1. The summed E-state index contributed by atoms with van der Waals surface area (Å²) in [5.41, 5.74) is 1.12. The van der Waals surface area contributed by atoms with Crippen LogP contribution in [0.1, 0.15) is 12.5 Å². The van der Waals surface area contributed by atoms with Gasteiger partial charge >= 0.3 is 0 Å². The standard InChI is InChI=1S/C20H22N4O2S/c1-3-12-24-19(17-11-8-13-26-17)21-22-20(24)27-15-18(25)23(4-2)14-16-9-6-5-7-10-16/h3,5-11,13H,1,4,12,14-15H2,2H3. The van der Waals surface area contributed by atoms with Crippen molar-refractivity contribution >= 4 is 17.7 Å². The molecule has 0 fully saturated rings. The molecule has 0 N–H and O–H groups in total. The highest BCUT2D eigenvalue weighted by molar-refractivity contribution is 7.99. The van der Waals surface area contributed by atoms with Crippen LogP contribution in [0.5, 0.6) is 0 Å². The van der Waals surface area contributed by atoms with Crippen molar-refractivity contribution in [1.29, 1.82) is 0 Å². The highest BCUT2D eigenvalue weighted by atomic mass is 32.2. The molecule has 1 aromatic carbocycles. The van der Waals surface area contributed by atoms with E-state index in [4.69, 9.17) is 4.42 Å². The Labute approximate surface area is 162 Å². The fourth-order valence-electron chi connectivity index (χ4n) is 2.67. The SMILES string of the molecule is C=CCn1c(SCC(=O)N(CC)Cc2ccccc2)nnc1-c1ccco1. The van der Waals surface area contributed by atoms with Gasteiger partial charge in [0.2, 0.25) is 11.7 Å². The number of carbonyl (C=O) groups excluding carboxylic acids is 1. The average Bonchev–Trinajstić information content (AvgIpc) is 3.35. The van der Waals surface area contributed by atoms with Crippen molar-refractivity contribution in [3.05, 3.63) is 66.9 Å². The quantitative estimate of drug-likeness (QED) is 0.415. The minimum atomic E-state index is 0.0686. The van der Waals surface area contributed by atoms with Crippen LogP contribution in [0.25, 0.3) is 11.6 Å². The fraction of sp³-hybridized carbons (Fsp3) is 0.250. The van der Waals surface area contributed by atoms with Crippen molar-refractivity contribution in [3.8, 4) is 11.6 Å². The largest absolute Gasteiger partial charge is 0.461 e. The van der Waals surface area contributed by atoms with Crippen LogP contribution < -0.4 is 0 Å². The first-order valence-corrected chi connectivity index (χ1v) is 9.74. The second-order valence-corrected chi connectivity index (χ2v) is 6.81. The third kappa shape index (κ3) is 4.68. The third-order valence-electron chi connectivity index (χ3n) is 4.05. The van der Waals surface area contributed by atoms with E-state index >= 15 is 0 Å². The van der Waals surface area contributed by atoms with E-state index < -0.39 is 0 Å². The first-order valence-electron chi connectivity index (χ1n) is 8.75. The second-order valence-electron chi connectivity index (χ2n) is 5.86. The molecule has 3 aromatic rings. The number of nitrogens with zero attached hydrogens (tertiary/aromatic N) is 4. The van der Waals surface area contributed by atoms with E-state index in [1.165, 1.54) is 11.8 Å². The van der Waals surface area contributed by atoms with Gasteiger partial charge in [-0.05, 0) is 24.6 Å². The van der Waals surface area contributed by atoms with Crippen molar-refractivity contribution < 1.29 is 9.21 Å². The average molecular weight is 382 g/mol. The number of thioether (sulfide) groups is 1. The maximum atomic E-state index is 12.7. The molecule has 0 saturated heterocycles. The molecule has 0 saturated carbocycles.